The molecule has 0 unspecified atom stereocenters. The second-order valence-corrected chi connectivity index (χ2v) is 8.40. The van der Waals surface area contributed by atoms with E-state index < -0.39 is 10.0 Å². The predicted molar refractivity (Wildman–Crippen MR) is 101 cm³/mol. The largest absolute Gasteiger partial charge is 0.354 e. The molecule has 1 aromatic heterocycles. The van der Waals surface area contributed by atoms with E-state index >= 15 is 0 Å². The first kappa shape index (κ1) is 18.7. The zero-order chi connectivity index (χ0) is 17.6. The van der Waals surface area contributed by atoms with Crippen molar-refractivity contribution in [1.29, 1.82) is 0 Å². The van der Waals surface area contributed by atoms with Crippen molar-refractivity contribution in [3.8, 4) is 0 Å². The fourth-order valence-electron chi connectivity index (χ4n) is 2.10. The maximum Gasteiger partial charge on any atom is 0.240 e. The van der Waals surface area contributed by atoms with Crippen molar-refractivity contribution in [1.82, 2.24) is 14.9 Å². The summed E-state index contributed by atoms with van der Waals surface area (Å²) in [4.78, 5) is 16.0. The molecule has 0 radical (unpaired) electrons. The number of nitrogens with one attached hydrogen (secondary N) is 1. The Labute approximate surface area is 155 Å². The Morgan fingerprint density at radius 3 is 2.62 bits per heavy atom. The Balaban J connectivity index is 1.89. The zero-order valence-electron chi connectivity index (χ0n) is 13.2. The maximum atomic E-state index is 12.1. The first-order chi connectivity index (χ1) is 11.4. The van der Waals surface area contributed by atoms with Gasteiger partial charge >= 0.3 is 0 Å². The van der Waals surface area contributed by atoms with Crippen LogP contribution in [0.1, 0.15) is 6.42 Å². The van der Waals surface area contributed by atoms with E-state index in [9.17, 15) is 13.2 Å². The van der Waals surface area contributed by atoms with E-state index in [0.29, 0.717) is 12.2 Å². The zero-order valence-corrected chi connectivity index (χ0v) is 16.2. The normalized spacial score (nSPS) is 11.2. The molecular weight excluding hydrogens is 443 g/mol. The summed E-state index contributed by atoms with van der Waals surface area (Å²) in [7, 11) is -3.53. The summed E-state index contributed by atoms with van der Waals surface area (Å²) in [6.45, 7) is 0.985. The number of carbonyl (C=O) groups excluding carboxylic acids is 1. The number of nitrogens with zero attached hydrogens (tertiary/aromatic N) is 3. The minimum atomic E-state index is -3.53. The van der Waals surface area contributed by atoms with Gasteiger partial charge in [-0.05, 0) is 53.3 Å². The van der Waals surface area contributed by atoms with Crippen LogP contribution in [0.15, 0.2) is 43.0 Å². The average Bonchev–Trinajstić information content (AvgIpc) is 3.02. The number of carbonyl (C=O) groups is 1. The number of benzene rings is 1. The highest BCUT2D eigenvalue weighted by Gasteiger charge is 2.20. The Morgan fingerprint density at radius 2 is 2.04 bits per heavy atom. The van der Waals surface area contributed by atoms with Gasteiger partial charge in [0.1, 0.15) is 6.54 Å². The number of hydrogen-bond donors (Lipinski definition) is 1. The molecule has 7 nitrogen and oxygen atoms in total. The Kier molecular flexibility index (Phi) is 6.60. The van der Waals surface area contributed by atoms with Crippen molar-refractivity contribution in [2.45, 2.75) is 13.0 Å². The smallest absolute Gasteiger partial charge is 0.240 e. The van der Waals surface area contributed by atoms with Crippen molar-refractivity contribution < 1.29 is 13.2 Å². The monoisotopic (exact) mass is 462 g/mol. The van der Waals surface area contributed by atoms with Crippen LogP contribution in [-0.2, 0) is 21.4 Å². The minimum absolute atomic E-state index is 0.232. The summed E-state index contributed by atoms with van der Waals surface area (Å²) < 4.78 is 28.0. The number of aromatic nitrogens is 2. The van der Waals surface area contributed by atoms with E-state index in [2.05, 4.69) is 32.9 Å². The predicted octanol–water partition coefficient (Wildman–Crippen LogP) is 1.46. The molecule has 2 aromatic rings. The highest BCUT2D eigenvalue weighted by Crippen LogP contribution is 2.18. The first-order valence-corrected chi connectivity index (χ1v) is 10.2. The molecule has 0 saturated heterocycles. The number of halogens is 1. The molecule has 0 aliphatic carbocycles. The molecule has 1 aromatic carbocycles. The molecule has 0 saturated carbocycles. The van der Waals surface area contributed by atoms with Crippen LogP contribution in [0.5, 0.6) is 0 Å². The van der Waals surface area contributed by atoms with E-state index in [-0.39, 0.29) is 12.5 Å². The summed E-state index contributed by atoms with van der Waals surface area (Å²) >= 11 is 2.14. The van der Waals surface area contributed by atoms with Crippen molar-refractivity contribution >= 4 is 44.2 Å². The summed E-state index contributed by atoms with van der Waals surface area (Å²) in [6, 6.07) is 6.98. The third kappa shape index (κ3) is 5.78. The topological polar surface area (TPSA) is 84.3 Å². The third-order valence-corrected chi connectivity index (χ3v) is 5.14. The van der Waals surface area contributed by atoms with Gasteiger partial charge in [-0.1, -0.05) is 0 Å². The summed E-state index contributed by atoms with van der Waals surface area (Å²) in [5.74, 6) is -0.329. The van der Waals surface area contributed by atoms with Gasteiger partial charge in [-0.3, -0.25) is 9.10 Å². The molecule has 0 aliphatic rings. The minimum Gasteiger partial charge on any atom is -0.354 e. The lowest BCUT2D eigenvalue weighted by Crippen LogP contribution is -2.40. The van der Waals surface area contributed by atoms with Crippen LogP contribution in [0.3, 0.4) is 0 Å². The lowest BCUT2D eigenvalue weighted by Gasteiger charge is -2.22. The third-order valence-electron chi connectivity index (χ3n) is 3.28. The number of aryl methyl sites for hydroxylation is 1. The average molecular weight is 462 g/mol. The molecule has 9 heteroatoms. The molecule has 1 amide bonds. The summed E-state index contributed by atoms with van der Waals surface area (Å²) in [5.41, 5.74) is 0.478. The lowest BCUT2D eigenvalue weighted by molar-refractivity contribution is -0.119. The van der Waals surface area contributed by atoms with Gasteiger partial charge in [0.15, 0.2) is 0 Å². The molecule has 0 fully saturated rings. The van der Waals surface area contributed by atoms with Gasteiger partial charge in [-0.25, -0.2) is 13.4 Å². The molecule has 130 valence electrons. The Bertz CT molecular complexity index is 761. The number of anilines is 1. The lowest BCUT2D eigenvalue weighted by atomic mass is 10.3. The quantitative estimate of drug-likeness (QED) is 0.476. The standard InChI is InChI=1S/C15H19IN4O3S/c1-24(22,23)20(14-5-3-13(16)4-6-14)11-15(21)18-7-2-9-19-10-8-17-12-19/h3-6,8,10,12H,2,7,9,11H2,1H3,(H,18,21). The van der Waals surface area contributed by atoms with Gasteiger partial charge in [0.05, 0.1) is 18.3 Å². The highest BCUT2D eigenvalue weighted by molar-refractivity contribution is 14.1. The van der Waals surface area contributed by atoms with E-state index in [1.165, 1.54) is 0 Å². The Hall–Kier alpha value is -1.62. The van der Waals surface area contributed by atoms with E-state index in [1.54, 1.807) is 36.8 Å². The highest BCUT2D eigenvalue weighted by atomic mass is 127. The fraction of sp³-hybridized carbons (Fsp3) is 0.333. The second kappa shape index (κ2) is 8.47. The molecule has 0 spiro atoms. The number of hydrogen-bond acceptors (Lipinski definition) is 4. The molecule has 0 aliphatic heterocycles. The molecule has 2 rings (SSSR count). The van der Waals surface area contributed by atoms with E-state index in [4.69, 9.17) is 0 Å². The van der Waals surface area contributed by atoms with E-state index in [1.807, 2.05) is 10.8 Å². The van der Waals surface area contributed by atoms with Crippen molar-refractivity contribution in [3.63, 3.8) is 0 Å². The van der Waals surface area contributed by atoms with Gasteiger partial charge in [0.25, 0.3) is 0 Å². The number of sulfonamides is 1. The van der Waals surface area contributed by atoms with Gasteiger partial charge in [0.2, 0.25) is 15.9 Å². The molecule has 1 N–H and O–H groups in total. The van der Waals surface area contributed by atoms with Crippen molar-refractivity contribution in [2.24, 2.45) is 0 Å². The first-order valence-electron chi connectivity index (χ1n) is 7.32. The van der Waals surface area contributed by atoms with E-state index in [0.717, 1.165) is 27.1 Å². The van der Waals surface area contributed by atoms with Crippen LogP contribution < -0.4 is 9.62 Å². The van der Waals surface area contributed by atoms with Crippen molar-refractivity contribution in [2.75, 3.05) is 23.7 Å². The SMILES string of the molecule is CS(=O)(=O)N(CC(=O)NCCCn1ccnc1)c1ccc(I)cc1. The number of imidazole rings is 1. The molecule has 0 atom stereocenters. The number of rotatable bonds is 8. The number of amides is 1. The Morgan fingerprint density at radius 1 is 1.33 bits per heavy atom. The van der Waals surface area contributed by atoms with Crippen LogP contribution in [0, 0.1) is 3.57 Å². The molecule has 0 bridgehead atoms. The second-order valence-electron chi connectivity index (χ2n) is 5.25. The summed E-state index contributed by atoms with van der Waals surface area (Å²) in [6.07, 6.45) is 7.10. The molecule has 1 heterocycles. The fourth-order valence-corrected chi connectivity index (χ4v) is 3.32. The maximum absolute atomic E-state index is 12.1. The molecular formula is C15H19IN4O3S. The molecule has 24 heavy (non-hydrogen) atoms. The van der Waals surface area contributed by atoms with Crippen LogP contribution in [-0.4, -0.2) is 43.2 Å². The van der Waals surface area contributed by atoms with Crippen molar-refractivity contribution in [3.05, 3.63) is 46.6 Å². The van der Waals surface area contributed by atoms with Gasteiger partial charge in [-0.15, -0.1) is 0 Å². The van der Waals surface area contributed by atoms with Gasteiger partial charge in [-0.2, -0.15) is 0 Å². The van der Waals surface area contributed by atoms with Gasteiger partial charge in [0, 0.05) is 29.1 Å². The van der Waals surface area contributed by atoms with Crippen LogP contribution in [0.2, 0.25) is 0 Å². The van der Waals surface area contributed by atoms with Crippen LogP contribution in [0.4, 0.5) is 5.69 Å². The van der Waals surface area contributed by atoms with Gasteiger partial charge < -0.3 is 9.88 Å². The van der Waals surface area contributed by atoms with Crippen LogP contribution >= 0.6 is 22.6 Å². The summed E-state index contributed by atoms with van der Waals surface area (Å²) in [5, 5.41) is 2.75. The van der Waals surface area contributed by atoms with Crippen LogP contribution in [0.25, 0.3) is 0 Å².